The Labute approximate surface area is 130 Å². The average Bonchev–Trinajstić information content (AvgIpc) is 2.31. The van der Waals surface area contributed by atoms with E-state index in [2.05, 4.69) is 26.1 Å². The molecule has 0 aromatic heterocycles. The van der Waals surface area contributed by atoms with Crippen LogP contribution in [-0.2, 0) is 14.3 Å². The van der Waals surface area contributed by atoms with Crippen LogP contribution in [0.5, 0.6) is 0 Å². The molecule has 3 unspecified atom stereocenters. The molecule has 1 saturated carbocycles. The van der Waals surface area contributed by atoms with Crippen molar-refractivity contribution in [2.24, 2.45) is 11.3 Å². The lowest BCUT2D eigenvalue weighted by molar-refractivity contribution is -0.148. The van der Waals surface area contributed by atoms with Crippen LogP contribution in [-0.4, -0.2) is 37.4 Å². The largest absolute Gasteiger partial charge is 0.465 e. The summed E-state index contributed by atoms with van der Waals surface area (Å²) < 4.78 is 11.2. The molecule has 21 heavy (non-hydrogen) atoms. The van der Waals surface area contributed by atoms with Gasteiger partial charge in [0.15, 0.2) is 0 Å². The number of rotatable bonds is 7. The molecule has 0 aliphatic heterocycles. The second-order valence-electron chi connectivity index (χ2n) is 7.49. The fraction of sp³-hybridized carbons (Fsp3) is 0.941. The summed E-state index contributed by atoms with van der Waals surface area (Å²) in [6, 6.07) is -0.143. The van der Waals surface area contributed by atoms with Crippen LogP contribution in [0.25, 0.3) is 0 Å². The summed E-state index contributed by atoms with van der Waals surface area (Å²) in [5.41, 5.74) is 0.327. The van der Waals surface area contributed by atoms with Crippen molar-refractivity contribution in [3.63, 3.8) is 0 Å². The first-order valence-electron chi connectivity index (χ1n) is 8.27. The third-order valence-electron chi connectivity index (χ3n) is 3.95. The molecule has 0 aromatic carbocycles. The van der Waals surface area contributed by atoms with Crippen LogP contribution in [0, 0.1) is 11.3 Å². The van der Waals surface area contributed by atoms with Crippen LogP contribution in [0.4, 0.5) is 0 Å². The van der Waals surface area contributed by atoms with E-state index < -0.39 is 0 Å². The van der Waals surface area contributed by atoms with Crippen molar-refractivity contribution in [1.29, 1.82) is 0 Å². The molecule has 4 heteroatoms. The number of carbonyl (C=O) groups excluding carboxylic acids is 1. The number of hydrogen-bond acceptors (Lipinski definition) is 4. The van der Waals surface area contributed by atoms with Gasteiger partial charge in [0.05, 0.1) is 19.3 Å². The molecule has 0 aromatic rings. The van der Waals surface area contributed by atoms with E-state index in [1.165, 1.54) is 6.42 Å². The Morgan fingerprint density at radius 2 is 2.00 bits per heavy atom. The maximum Gasteiger partial charge on any atom is 0.325 e. The zero-order valence-electron chi connectivity index (χ0n) is 14.6. The molecular weight excluding hydrogens is 266 g/mol. The SMILES string of the molecule is CCOC(=O)C(COC1CC(C)CC(C)(C)C1)NC(C)C. The third kappa shape index (κ3) is 6.79. The standard InChI is InChI=1S/C17H33NO3/c1-7-20-16(19)15(18-12(2)3)11-21-14-8-13(4)9-17(5,6)10-14/h12-15,18H,7-11H2,1-6H3. The normalized spacial score (nSPS) is 26.6. The van der Waals surface area contributed by atoms with E-state index in [0.717, 1.165) is 12.8 Å². The molecule has 0 bridgehead atoms. The summed E-state index contributed by atoms with van der Waals surface area (Å²) in [6.45, 7) is 13.6. The molecule has 0 radical (unpaired) electrons. The summed E-state index contributed by atoms with van der Waals surface area (Å²) in [5, 5.41) is 3.24. The molecule has 1 rings (SSSR count). The van der Waals surface area contributed by atoms with E-state index in [1.54, 1.807) is 0 Å². The molecule has 1 aliphatic rings. The van der Waals surface area contributed by atoms with Crippen molar-refractivity contribution >= 4 is 5.97 Å². The van der Waals surface area contributed by atoms with Crippen LogP contribution < -0.4 is 5.32 Å². The summed E-state index contributed by atoms with van der Waals surface area (Å²) in [5.74, 6) is 0.465. The maximum atomic E-state index is 12.0. The highest BCUT2D eigenvalue weighted by molar-refractivity contribution is 5.76. The highest BCUT2D eigenvalue weighted by Gasteiger charge is 2.33. The molecular formula is C17H33NO3. The molecule has 0 amide bonds. The van der Waals surface area contributed by atoms with Crippen LogP contribution >= 0.6 is 0 Å². The van der Waals surface area contributed by atoms with Gasteiger partial charge in [0, 0.05) is 6.04 Å². The number of esters is 1. The Hall–Kier alpha value is -0.610. The zero-order valence-corrected chi connectivity index (χ0v) is 14.6. The van der Waals surface area contributed by atoms with E-state index >= 15 is 0 Å². The molecule has 0 spiro atoms. The van der Waals surface area contributed by atoms with Gasteiger partial charge in [0.1, 0.15) is 6.04 Å². The fourth-order valence-corrected chi connectivity index (χ4v) is 3.45. The molecule has 1 aliphatic carbocycles. The Kier molecular flexibility index (Phi) is 7.14. The second kappa shape index (κ2) is 8.14. The van der Waals surface area contributed by atoms with Crippen molar-refractivity contribution in [3.8, 4) is 0 Å². The predicted molar refractivity (Wildman–Crippen MR) is 85.2 cm³/mol. The number of carbonyl (C=O) groups is 1. The Bertz CT molecular complexity index is 328. The van der Waals surface area contributed by atoms with Crippen LogP contribution in [0.1, 0.15) is 60.8 Å². The van der Waals surface area contributed by atoms with Gasteiger partial charge in [-0.05, 0) is 37.5 Å². The smallest absolute Gasteiger partial charge is 0.325 e. The summed E-state index contributed by atoms with van der Waals surface area (Å²) in [7, 11) is 0. The molecule has 1 N–H and O–H groups in total. The van der Waals surface area contributed by atoms with E-state index in [4.69, 9.17) is 9.47 Å². The van der Waals surface area contributed by atoms with Gasteiger partial charge in [-0.15, -0.1) is 0 Å². The Balaban J connectivity index is 2.53. The first-order valence-corrected chi connectivity index (χ1v) is 8.27. The minimum Gasteiger partial charge on any atom is -0.465 e. The molecule has 124 valence electrons. The van der Waals surface area contributed by atoms with E-state index in [1.807, 2.05) is 20.8 Å². The maximum absolute atomic E-state index is 12.0. The van der Waals surface area contributed by atoms with Gasteiger partial charge < -0.3 is 14.8 Å². The Morgan fingerprint density at radius 3 is 2.52 bits per heavy atom. The Morgan fingerprint density at radius 1 is 1.33 bits per heavy atom. The topological polar surface area (TPSA) is 47.6 Å². The number of ether oxygens (including phenoxy) is 2. The predicted octanol–water partition coefficient (Wildman–Crippen LogP) is 3.15. The van der Waals surface area contributed by atoms with Crippen molar-refractivity contribution in [2.45, 2.75) is 79.0 Å². The summed E-state index contributed by atoms with van der Waals surface area (Å²) >= 11 is 0. The average molecular weight is 299 g/mol. The minimum atomic E-state index is -0.370. The second-order valence-corrected chi connectivity index (χ2v) is 7.49. The van der Waals surface area contributed by atoms with Gasteiger partial charge in [0.2, 0.25) is 0 Å². The van der Waals surface area contributed by atoms with Gasteiger partial charge in [0.25, 0.3) is 0 Å². The first-order chi connectivity index (χ1) is 9.73. The molecule has 1 fully saturated rings. The van der Waals surface area contributed by atoms with E-state index in [-0.39, 0.29) is 24.2 Å². The van der Waals surface area contributed by atoms with Crippen molar-refractivity contribution in [1.82, 2.24) is 5.32 Å². The van der Waals surface area contributed by atoms with Crippen molar-refractivity contribution < 1.29 is 14.3 Å². The van der Waals surface area contributed by atoms with Gasteiger partial charge >= 0.3 is 5.97 Å². The first kappa shape index (κ1) is 18.4. The lowest BCUT2D eigenvalue weighted by atomic mass is 9.71. The molecule has 0 heterocycles. The van der Waals surface area contributed by atoms with Crippen molar-refractivity contribution in [3.05, 3.63) is 0 Å². The summed E-state index contributed by atoms with van der Waals surface area (Å²) in [6.07, 6.45) is 3.64. The van der Waals surface area contributed by atoms with E-state index in [9.17, 15) is 4.79 Å². The lowest BCUT2D eigenvalue weighted by Gasteiger charge is -2.39. The van der Waals surface area contributed by atoms with Gasteiger partial charge in [-0.25, -0.2) is 0 Å². The highest BCUT2D eigenvalue weighted by Crippen LogP contribution is 2.39. The van der Waals surface area contributed by atoms with Crippen LogP contribution in [0.15, 0.2) is 0 Å². The lowest BCUT2D eigenvalue weighted by Crippen LogP contribution is -2.46. The van der Waals surface area contributed by atoms with Crippen LogP contribution in [0.2, 0.25) is 0 Å². The van der Waals surface area contributed by atoms with Gasteiger partial charge in [-0.3, -0.25) is 4.79 Å². The molecule has 0 saturated heterocycles. The quantitative estimate of drug-likeness (QED) is 0.734. The van der Waals surface area contributed by atoms with Gasteiger partial charge in [-0.1, -0.05) is 34.6 Å². The molecule has 4 nitrogen and oxygen atoms in total. The number of hydrogen-bond donors (Lipinski definition) is 1. The molecule has 3 atom stereocenters. The number of nitrogens with one attached hydrogen (secondary N) is 1. The monoisotopic (exact) mass is 299 g/mol. The third-order valence-corrected chi connectivity index (χ3v) is 3.95. The fourth-order valence-electron chi connectivity index (χ4n) is 3.45. The minimum absolute atomic E-state index is 0.214. The highest BCUT2D eigenvalue weighted by atomic mass is 16.5. The van der Waals surface area contributed by atoms with E-state index in [0.29, 0.717) is 24.5 Å². The van der Waals surface area contributed by atoms with Gasteiger partial charge in [-0.2, -0.15) is 0 Å². The van der Waals surface area contributed by atoms with Crippen molar-refractivity contribution in [2.75, 3.05) is 13.2 Å². The summed E-state index contributed by atoms with van der Waals surface area (Å²) in [4.78, 5) is 12.0. The zero-order chi connectivity index (χ0) is 16.0. The van der Waals surface area contributed by atoms with Crippen LogP contribution in [0.3, 0.4) is 0 Å².